The van der Waals surface area contributed by atoms with Crippen LogP contribution in [0.1, 0.15) is 16.7 Å². The zero-order valence-electron chi connectivity index (χ0n) is 26.7. The molecule has 0 bridgehead atoms. The van der Waals surface area contributed by atoms with Crippen LogP contribution in [0, 0.1) is 34.0 Å². The maximum Gasteiger partial charge on any atom is 0.100 e. The van der Waals surface area contributed by atoms with Crippen LogP contribution in [0.4, 0.5) is 0 Å². The van der Waals surface area contributed by atoms with Gasteiger partial charge in [0.25, 0.3) is 0 Å². The van der Waals surface area contributed by atoms with E-state index in [1.165, 1.54) is 0 Å². The zero-order valence-corrected chi connectivity index (χ0v) is 26.7. The van der Waals surface area contributed by atoms with Crippen molar-refractivity contribution in [3.63, 3.8) is 0 Å². The summed E-state index contributed by atoms with van der Waals surface area (Å²) in [5, 5.41) is 34.5. The Balaban J connectivity index is 1.25. The highest BCUT2D eigenvalue weighted by Gasteiger charge is 2.20. The van der Waals surface area contributed by atoms with Crippen LogP contribution in [-0.4, -0.2) is 9.13 Å². The van der Waals surface area contributed by atoms with Crippen LogP contribution in [0.5, 0.6) is 0 Å². The Morgan fingerprint density at radius 3 is 1.90 bits per heavy atom. The molecule has 230 valence electrons. The van der Waals surface area contributed by atoms with Gasteiger partial charge in [0.05, 0.1) is 56.6 Å². The second-order valence-electron chi connectivity index (χ2n) is 12.3. The molecule has 0 saturated carbocycles. The van der Waals surface area contributed by atoms with Crippen molar-refractivity contribution >= 4 is 43.6 Å². The van der Waals surface area contributed by atoms with Crippen LogP contribution < -0.4 is 0 Å². The number of benzene rings is 7. The molecule has 7 aromatic carbocycles. The Morgan fingerprint density at radius 2 is 1.08 bits per heavy atom. The average Bonchev–Trinajstić information content (AvgIpc) is 3.70. The highest BCUT2D eigenvalue weighted by atomic mass is 15.0. The molecule has 0 radical (unpaired) electrons. The Kier molecular flexibility index (Phi) is 6.56. The minimum absolute atomic E-state index is 0.580. The molecule has 0 saturated heterocycles. The molecule has 5 nitrogen and oxygen atoms in total. The number of para-hydroxylation sites is 3. The minimum Gasteiger partial charge on any atom is -0.309 e. The standard InChI is InChI=1S/C45H25N5/c46-26-29-22-23-43-38(24-29)36-14-2-4-18-40(36)49(43)32-12-7-10-30(25-32)33-16-9-17-34(39(33)28-48)35-13-1-5-19-41(35)50-42-20-6-3-15-37(42)45-31(27-47)11-8-21-44(45)50/h1-25H. The van der Waals surface area contributed by atoms with E-state index in [2.05, 4.69) is 81.9 Å². The smallest absolute Gasteiger partial charge is 0.100 e. The van der Waals surface area contributed by atoms with E-state index in [4.69, 9.17) is 0 Å². The zero-order chi connectivity index (χ0) is 33.8. The summed E-state index contributed by atoms with van der Waals surface area (Å²) in [6.07, 6.45) is 0. The number of aromatic nitrogens is 2. The molecule has 9 aromatic rings. The topological polar surface area (TPSA) is 81.2 Å². The van der Waals surface area contributed by atoms with E-state index >= 15 is 0 Å². The van der Waals surface area contributed by atoms with E-state index < -0.39 is 0 Å². The van der Waals surface area contributed by atoms with Crippen molar-refractivity contribution < 1.29 is 0 Å². The van der Waals surface area contributed by atoms with Crippen LogP contribution in [0.25, 0.3) is 77.2 Å². The first-order valence-corrected chi connectivity index (χ1v) is 16.3. The van der Waals surface area contributed by atoms with Gasteiger partial charge in [-0.05, 0) is 66.2 Å². The number of nitriles is 3. The third kappa shape index (κ3) is 4.24. The Labute approximate surface area is 287 Å². The van der Waals surface area contributed by atoms with Gasteiger partial charge in [-0.1, -0.05) is 91.0 Å². The molecule has 0 aliphatic rings. The SMILES string of the molecule is N#Cc1ccc2c(c1)c1ccccc1n2-c1cccc(-c2cccc(-c3ccccc3-n3c4ccccc4c4c(C#N)cccc43)c2C#N)c1. The lowest BCUT2D eigenvalue weighted by molar-refractivity contribution is 1.18. The number of rotatable bonds is 4. The lowest BCUT2D eigenvalue weighted by Crippen LogP contribution is -1.99. The maximum atomic E-state index is 10.8. The molecule has 0 unspecified atom stereocenters. The van der Waals surface area contributed by atoms with E-state index in [0.717, 1.165) is 77.2 Å². The Morgan fingerprint density at radius 1 is 0.420 bits per heavy atom. The van der Waals surface area contributed by atoms with Gasteiger partial charge in [0, 0.05) is 43.9 Å². The lowest BCUT2D eigenvalue weighted by atomic mass is 9.91. The molecule has 0 atom stereocenters. The predicted octanol–water partition coefficient (Wildman–Crippen LogP) is 10.8. The van der Waals surface area contributed by atoms with E-state index in [-0.39, 0.29) is 0 Å². The van der Waals surface area contributed by atoms with Crippen molar-refractivity contribution in [3.05, 3.63) is 168 Å². The Bertz CT molecular complexity index is 2970. The summed E-state index contributed by atoms with van der Waals surface area (Å²) < 4.78 is 4.42. The molecular formula is C45H25N5. The lowest BCUT2D eigenvalue weighted by Gasteiger charge is -2.17. The van der Waals surface area contributed by atoms with Crippen molar-refractivity contribution in [1.29, 1.82) is 15.8 Å². The van der Waals surface area contributed by atoms with Crippen molar-refractivity contribution in [3.8, 4) is 51.8 Å². The largest absolute Gasteiger partial charge is 0.309 e. The minimum atomic E-state index is 0.580. The second kappa shape index (κ2) is 11.4. The van der Waals surface area contributed by atoms with Gasteiger partial charge in [-0.3, -0.25) is 0 Å². The average molecular weight is 636 g/mol. The summed E-state index contributed by atoms with van der Waals surface area (Å²) in [6, 6.07) is 57.7. The number of fused-ring (bicyclic) bond motifs is 6. The molecular weight excluding hydrogens is 611 g/mol. The molecule has 0 fully saturated rings. The Hall–Kier alpha value is -7.39. The van der Waals surface area contributed by atoms with Gasteiger partial charge < -0.3 is 9.13 Å². The van der Waals surface area contributed by atoms with Gasteiger partial charge in [-0.15, -0.1) is 0 Å². The summed E-state index contributed by atoms with van der Waals surface area (Å²) >= 11 is 0. The summed E-state index contributed by atoms with van der Waals surface area (Å²) in [7, 11) is 0. The third-order valence-electron chi connectivity index (χ3n) is 9.65. The number of nitrogens with zero attached hydrogens (tertiary/aromatic N) is 5. The fourth-order valence-electron chi connectivity index (χ4n) is 7.54. The van der Waals surface area contributed by atoms with Crippen molar-refractivity contribution in [2.75, 3.05) is 0 Å². The summed E-state index contributed by atoms with van der Waals surface area (Å²) in [5.41, 5.74) is 11.2. The monoisotopic (exact) mass is 635 g/mol. The molecule has 0 amide bonds. The second-order valence-corrected chi connectivity index (χ2v) is 12.3. The summed E-state index contributed by atoms with van der Waals surface area (Å²) in [5.74, 6) is 0. The van der Waals surface area contributed by atoms with Crippen LogP contribution in [0.15, 0.2) is 152 Å². The molecule has 50 heavy (non-hydrogen) atoms. The van der Waals surface area contributed by atoms with E-state index in [1.807, 2.05) is 97.1 Å². The van der Waals surface area contributed by atoms with Gasteiger partial charge in [0.1, 0.15) is 6.07 Å². The first-order valence-electron chi connectivity index (χ1n) is 16.3. The van der Waals surface area contributed by atoms with Gasteiger partial charge in [0.15, 0.2) is 0 Å². The van der Waals surface area contributed by atoms with E-state index in [1.54, 1.807) is 0 Å². The molecule has 9 rings (SSSR count). The highest BCUT2D eigenvalue weighted by molar-refractivity contribution is 6.12. The van der Waals surface area contributed by atoms with Gasteiger partial charge in [-0.2, -0.15) is 15.8 Å². The van der Waals surface area contributed by atoms with Crippen molar-refractivity contribution in [2.45, 2.75) is 0 Å². The van der Waals surface area contributed by atoms with Gasteiger partial charge in [-0.25, -0.2) is 0 Å². The van der Waals surface area contributed by atoms with Crippen molar-refractivity contribution in [1.82, 2.24) is 9.13 Å². The first kappa shape index (κ1) is 28.8. The van der Waals surface area contributed by atoms with Crippen molar-refractivity contribution in [2.24, 2.45) is 0 Å². The van der Waals surface area contributed by atoms with E-state index in [9.17, 15) is 15.8 Å². The predicted molar refractivity (Wildman–Crippen MR) is 200 cm³/mol. The number of hydrogen-bond donors (Lipinski definition) is 0. The normalized spacial score (nSPS) is 11.1. The van der Waals surface area contributed by atoms with Gasteiger partial charge >= 0.3 is 0 Å². The summed E-state index contributed by atoms with van der Waals surface area (Å²) in [6.45, 7) is 0. The molecule has 0 aliphatic heterocycles. The molecule has 2 heterocycles. The molecule has 2 aromatic heterocycles. The molecule has 0 spiro atoms. The molecule has 0 N–H and O–H groups in total. The fraction of sp³-hybridized carbons (Fsp3) is 0. The third-order valence-corrected chi connectivity index (χ3v) is 9.65. The van der Waals surface area contributed by atoms with Crippen LogP contribution >= 0.6 is 0 Å². The molecule has 0 aliphatic carbocycles. The van der Waals surface area contributed by atoms with Crippen LogP contribution in [-0.2, 0) is 0 Å². The van der Waals surface area contributed by atoms with Crippen LogP contribution in [0.3, 0.4) is 0 Å². The van der Waals surface area contributed by atoms with Crippen LogP contribution in [0.2, 0.25) is 0 Å². The fourth-order valence-corrected chi connectivity index (χ4v) is 7.54. The molecule has 5 heteroatoms. The summed E-state index contributed by atoms with van der Waals surface area (Å²) in [4.78, 5) is 0. The first-order chi connectivity index (χ1) is 24.7. The van der Waals surface area contributed by atoms with Gasteiger partial charge in [0.2, 0.25) is 0 Å². The van der Waals surface area contributed by atoms with E-state index in [0.29, 0.717) is 16.7 Å². The maximum absolute atomic E-state index is 10.8. The number of hydrogen-bond acceptors (Lipinski definition) is 3. The quantitative estimate of drug-likeness (QED) is 0.193. The highest BCUT2D eigenvalue weighted by Crippen LogP contribution is 2.40.